The van der Waals surface area contributed by atoms with E-state index in [-0.39, 0.29) is 5.91 Å². The number of pyridine rings is 1. The molecule has 0 radical (unpaired) electrons. The highest BCUT2D eigenvalue weighted by Crippen LogP contribution is 2.17. The van der Waals surface area contributed by atoms with Gasteiger partial charge in [-0.2, -0.15) is 0 Å². The average Bonchev–Trinajstić information content (AvgIpc) is 2.79. The molecule has 0 aliphatic rings. The van der Waals surface area contributed by atoms with Crippen LogP contribution in [0.15, 0.2) is 48.7 Å². The summed E-state index contributed by atoms with van der Waals surface area (Å²) in [5.74, 6) is -0.180. The van der Waals surface area contributed by atoms with Crippen molar-refractivity contribution in [3.63, 3.8) is 0 Å². The zero-order valence-electron chi connectivity index (χ0n) is 11.4. The fourth-order valence-corrected chi connectivity index (χ4v) is 2.23. The molecule has 0 saturated carbocycles. The molecule has 1 amide bonds. The van der Waals surface area contributed by atoms with Gasteiger partial charge in [-0.05, 0) is 37.6 Å². The van der Waals surface area contributed by atoms with E-state index < -0.39 is 0 Å². The van der Waals surface area contributed by atoms with Gasteiger partial charge in [-0.25, -0.2) is 4.98 Å². The van der Waals surface area contributed by atoms with Gasteiger partial charge in [0.1, 0.15) is 11.3 Å². The predicted molar refractivity (Wildman–Crippen MR) is 79.1 cm³/mol. The predicted octanol–water partition coefficient (Wildman–Crippen LogP) is 3.20. The van der Waals surface area contributed by atoms with Gasteiger partial charge in [0.15, 0.2) is 0 Å². The van der Waals surface area contributed by atoms with Crippen molar-refractivity contribution in [2.45, 2.75) is 13.8 Å². The Morgan fingerprint density at radius 3 is 2.60 bits per heavy atom. The third-order valence-corrected chi connectivity index (χ3v) is 3.38. The van der Waals surface area contributed by atoms with Crippen LogP contribution in [0.3, 0.4) is 0 Å². The van der Waals surface area contributed by atoms with Crippen LogP contribution in [0.25, 0.3) is 5.65 Å². The molecule has 3 aromatic rings. The maximum Gasteiger partial charge on any atom is 0.276 e. The first-order valence-electron chi connectivity index (χ1n) is 6.47. The zero-order valence-corrected chi connectivity index (χ0v) is 11.4. The van der Waals surface area contributed by atoms with Gasteiger partial charge in [-0.3, -0.25) is 4.79 Å². The third kappa shape index (κ3) is 2.05. The van der Waals surface area contributed by atoms with Crippen LogP contribution in [0.2, 0.25) is 0 Å². The molecule has 0 atom stereocenters. The van der Waals surface area contributed by atoms with Crippen molar-refractivity contribution in [2.75, 3.05) is 5.32 Å². The summed E-state index contributed by atoms with van der Waals surface area (Å²) >= 11 is 0. The average molecular weight is 265 g/mol. The number of rotatable bonds is 2. The van der Waals surface area contributed by atoms with Crippen molar-refractivity contribution in [1.82, 2.24) is 9.38 Å². The maximum atomic E-state index is 12.4. The first-order valence-corrected chi connectivity index (χ1v) is 6.47. The van der Waals surface area contributed by atoms with Crippen molar-refractivity contribution in [3.05, 3.63) is 65.6 Å². The van der Waals surface area contributed by atoms with E-state index in [9.17, 15) is 4.79 Å². The molecule has 4 nitrogen and oxygen atoms in total. The van der Waals surface area contributed by atoms with Crippen LogP contribution in [0.1, 0.15) is 21.7 Å². The summed E-state index contributed by atoms with van der Waals surface area (Å²) in [6.07, 6.45) is 1.90. The maximum absolute atomic E-state index is 12.4. The highest BCUT2D eigenvalue weighted by Gasteiger charge is 2.16. The van der Waals surface area contributed by atoms with Gasteiger partial charge in [-0.15, -0.1) is 0 Å². The third-order valence-electron chi connectivity index (χ3n) is 3.38. The molecule has 0 aliphatic carbocycles. The Morgan fingerprint density at radius 2 is 1.85 bits per heavy atom. The molecule has 3 rings (SSSR count). The van der Waals surface area contributed by atoms with Crippen LogP contribution in [0, 0.1) is 13.8 Å². The van der Waals surface area contributed by atoms with E-state index in [1.54, 1.807) is 0 Å². The lowest BCUT2D eigenvalue weighted by Gasteiger charge is -2.06. The summed E-state index contributed by atoms with van der Waals surface area (Å²) in [4.78, 5) is 16.8. The Labute approximate surface area is 117 Å². The molecule has 20 heavy (non-hydrogen) atoms. The van der Waals surface area contributed by atoms with E-state index >= 15 is 0 Å². The number of amides is 1. The molecule has 0 aliphatic heterocycles. The zero-order chi connectivity index (χ0) is 14.1. The Kier molecular flexibility index (Phi) is 2.99. The van der Waals surface area contributed by atoms with Gasteiger partial charge in [0.2, 0.25) is 0 Å². The Hall–Kier alpha value is -2.62. The van der Waals surface area contributed by atoms with Crippen molar-refractivity contribution >= 4 is 17.2 Å². The number of carbonyl (C=O) groups is 1. The lowest BCUT2D eigenvalue weighted by Crippen LogP contribution is -2.14. The molecule has 0 saturated heterocycles. The van der Waals surface area contributed by atoms with Crippen LogP contribution >= 0.6 is 0 Å². The first kappa shape index (κ1) is 12.4. The number of imidazole rings is 1. The molecule has 2 heterocycles. The number of aryl methyl sites for hydroxylation is 2. The van der Waals surface area contributed by atoms with E-state index in [1.165, 1.54) is 0 Å². The first-order chi connectivity index (χ1) is 9.66. The van der Waals surface area contributed by atoms with Crippen molar-refractivity contribution < 1.29 is 4.79 Å². The number of anilines is 1. The largest absolute Gasteiger partial charge is 0.320 e. The number of aromatic nitrogens is 2. The number of nitrogens with zero attached hydrogens (tertiary/aromatic N) is 2. The molecule has 0 bridgehead atoms. The highest BCUT2D eigenvalue weighted by atomic mass is 16.1. The number of para-hydroxylation sites is 1. The number of benzene rings is 1. The lowest BCUT2D eigenvalue weighted by molar-refractivity contribution is 0.102. The standard InChI is InChI=1S/C16H15N3O/c1-11-7-3-4-8-13(11)17-16(20)15-12(2)19-10-6-5-9-14(19)18-15/h3-10H,1-2H3,(H,17,20). The smallest absolute Gasteiger partial charge is 0.276 e. The summed E-state index contributed by atoms with van der Waals surface area (Å²) in [7, 11) is 0. The lowest BCUT2D eigenvalue weighted by atomic mass is 10.2. The Balaban J connectivity index is 1.97. The molecular formula is C16H15N3O. The van der Waals surface area contributed by atoms with Gasteiger partial charge < -0.3 is 9.72 Å². The van der Waals surface area contributed by atoms with Crippen LogP contribution in [0.4, 0.5) is 5.69 Å². The molecule has 1 N–H and O–H groups in total. The molecule has 4 heteroatoms. The van der Waals surface area contributed by atoms with E-state index in [0.717, 1.165) is 22.6 Å². The Morgan fingerprint density at radius 1 is 1.10 bits per heavy atom. The van der Waals surface area contributed by atoms with Crippen molar-refractivity contribution in [3.8, 4) is 0 Å². The minimum absolute atomic E-state index is 0.180. The van der Waals surface area contributed by atoms with Gasteiger partial charge in [0.05, 0.1) is 5.69 Å². The van der Waals surface area contributed by atoms with E-state index in [2.05, 4.69) is 10.3 Å². The fraction of sp³-hybridized carbons (Fsp3) is 0.125. The number of hydrogen-bond acceptors (Lipinski definition) is 2. The van der Waals surface area contributed by atoms with Crippen molar-refractivity contribution in [2.24, 2.45) is 0 Å². The summed E-state index contributed by atoms with van der Waals surface area (Å²) in [5, 5.41) is 2.91. The van der Waals surface area contributed by atoms with E-state index in [0.29, 0.717) is 5.69 Å². The molecule has 0 fully saturated rings. The van der Waals surface area contributed by atoms with Gasteiger partial charge in [0.25, 0.3) is 5.91 Å². The second kappa shape index (κ2) is 4.81. The van der Waals surface area contributed by atoms with Crippen LogP contribution in [-0.2, 0) is 0 Å². The molecule has 100 valence electrons. The highest BCUT2D eigenvalue weighted by molar-refractivity contribution is 6.04. The molecule has 0 spiro atoms. The Bertz CT molecular complexity index is 789. The van der Waals surface area contributed by atoms with Gasteiger partial charge in [-0.1, -0.05) is 24.3 Å². The summed E-state index contributed by atoms with van der Waals surface area (Å²) in [6.45, 7) is 3.86. The summed E-state index contributed by atoms with van der Waals surface area (Å²) in [5.41, 5.74) is 3.92. The minimum Gasteiger partial charge on any atom is -0.320 e. The second-order valence-electron chi connectivity index (χ2n) is 4.74. The van der Waals surface area contributed by atoms with Crippen LogP contribution in [-0.4, -0.2) is 15.3 Å². The van der Waals surface area contributed by atoms with E-state index in [1.807, 2.05) is 66.9 Å². The quantitative estimate of drug-likeness (QED) is 0.773. The van der Waals surface area contributed by atoms with Gasteiger partial charge in [0, 0.05) is 11.9 Å². The SMILES string of the molecule is Cc1ccccc1NC(=O)c1nc2ccccn2c1C. The second-order valence-corrected chi connectivity index (χ2v) is 4.74. The summed E-state index contributed by atoms with van der Waals surface area (Å²) < 4.78 is 1.91. The molecule has 0 unspecified atom stereocenters. The number of nitrogens with one attached hydrogen (secondary N) is 1. The molecule has 2 aromatic heterocycles. The number of hydrogen-bond donors (Lipinski definition) is 1. The summed E-state index contributed by atoms with van der Waals surface area (Å²) in [6, 6.07) is 13.4. The normalized spacial score (nSPS) is 10.7. The molecule has 1 aromatic carbocycles. The van der Waals surface area contributed by atoms with Crippen LogP contribution in [0.5, 0.6) is 0 Å². The minimum atomic E-state index is -0.180. The van der Waals surface area contributed by atoms with E-state index in [4.69, 9.17) is 0 Å². The number of carbonyl (C=O) groups excluding carboxylic acids is 1. The monoisotopic (exact) mass is 265 g/mol. The molecular weight excluding hydrogens is 250 g/mol. The van der Waals surface area contributed by atoms with Crippen LogP contribution < -0.4 is 5.32 Å². The fourth-order valence-electron chi connectivity index (χ4n) is 2.23. The topological polar surface area (TPSA) is 46.4 Å². The number of fused-ring (bicyclic) bond motifs is 1. The van der Waals surface area contributed by atoms with Gasteiger partial charge >= 0.3 is 0 Å². The van der Waals surface area contributed by atoms with Crippen molar-refractivity contribution in [1.29, 1.82) is 0 Å².